The quantitative estimate of drug-likeness (QED) is 0.680. The standard InChI is InChI=1S/C13H14N2/c14-10-11-6-8-13(9-7-11)15-12-4-2-1-3-5-12/h1-5,11H,6-9H2. The van der Waals surface area contributed by atoms with Crippen LogP contribution in [0.5, 0.6) is 0 Å². The van der Waals surface area contributed by atoms with Gasteiger partial charge in [-0.3, -0.25) is 4.99 Å². The zero-order valence-corrected chi connectivity index (χ0v) is 8.69. The first-order chi connectivity index (χ1) is 7.38. The molecular weight excluding hydrogens is 184 g/mol. The normalized spacial score (nSPS) is 20.7. The molecule has 1 fully saturated rings. The highest BCUT2D eigenvalue weighted by Gasteiger charge is 2.16. The molecule has 1 aromatic rings. The molecule has 2 nitrogen and oxygen atoms in total. The van der Waals surface area contributed by atoms with Crippen molar-refractivity contribution in [1.82, 2.24) is 0 Å². The van der Waals surface area contributed by atoms with Crippen molar-refractivity contribution in [3.63, 3.8) is 0 Å². The summed E-state index contributed by atoms with van der Waals surface area (Å²) in [5.41, 5.74) is 2.27. The van der Waals surface area contributed by atoms with Crippen LogP contribution in [0.2, 0.25) is 0 Å². The number of hydrogen-bond donors (Lipinski definition) is 0. The van der Waals surface area contributed by atoms with E-state index in [1.807, 2.05) is 30.3 Å². The highest BCUT2D eigenvalue weighted by molar-refractivity contribution is 5.87. The molecule has 15 heavy (non-hydrogen) atoms. The summed E-state index contributed by atoms with van der Waals surface area (Å²) in [6.45, 7) is 0. The van der Waals surface area contributed by atoms with Crippen LogP contribution >= 0.6 is 0 Å². The number of rotatable bonds is 1. The van der Waals surface area contributed by atoms with E-state index in [0.717, 1.165) is 31.4 Å². The van der Waals surface area contributed by atoms with Crippen molar-refractivity contribution in [2.75, 3.05) is 0 Å². The molecule has 0 heterocycles. The van der Waals surface area contributed by atoms with Gasteiger partial charge in [0, 0.05) is 11.6 Å². The molecule has 0 aromatic heterocycles. The topological polar surface area (TPSA) is 36.1 Å². The van der Waals surface area contributed by atoms with E-state index in [0.29, 0.717) is 0 Å². The fourth-order valence-corrected chi connectivity index (χ4v) is 1.88. The number of benzene rings is 1. The van der Waals surface area contributed by atoms with Crippen molar-refractivity contribution < 1.29 is 0 Å². The third kappa shape index (κ3) is 2.66. The van der Waals surface area contributed by atoms with E-state index in [4.69, 9.17) is 5.26 Å². The van der Waals surface area contributed by atoms with Crippen LogP contribution in [0.25, 0.3) is 0 Å². The Morgan fingerprint density at radius 3 is 2.40 bits per heavy atom. The largest absolute Gasteiger partial charge is 0.258 e. The molecule has 1 aliphatic rings. The van der Waals surface area contributed by atoms with Crippen molar-refractivity contribution in [2.45, 2.75) is 25.7 Å². The molecule has 2 rings (SSSR count). The van der Waals surface area contributed by atoms with Crippen molar-refractivity contribution in [1.29, 1.82) is 5.26 Å². The fourth-order valence-electron chi connectivity index (χ4n) is 1.88. The number of para-hydroxylation sites is 1. The second-order valence-electron chi connectivity index (χ2n) is 3.92. The second-order valence-corrected chi connectivity index (χ2v) is 3.92. The smallest absolute Gasteiger partial charge is 0.0656 e. The summed E-state index contributed by atoms with van der Waals surface area (Å²) in [4.78, 5) is 4.59. The van der Waals surface area contributed by atoms with Crippen LogP contribution in [0.3, 0.4) is 0 Å². The predicted octanol–water partition coefficient (Wildman–Crippen LogP) is 3.47. The predicted molar refractivity (Wildman–Crippen MR) is 61.1 cm³/mol. The average molecular weight is 198 g/mol. The lowest BCUT2D eigenvalue weighted by Crippen LogP contribution is -2.12. The molecule has 1 aliphatic carbocycles. The highest BCUT2D eigenvalue weighted by Crippen LogP contribution is 2.23. The Hall–Kier alpha value is -1.62. The van der Waals surface area contributed by atoms with Crippen molar-refractivity contribution >= 4 is 11.4 Å². The summed E-state index contributed by atoms with van der Waals surface area (Å²) in [5.74, 6) is 0.250. The molecule has 0 N–H and O–H groups in total. The summed E-state index contributed by atoms with van der Waals surface area (Å²) in [7, 11) is 0. The molecule has 76 valence electrons. The van der Waals surface area contributed by atoms with Gasteiger partial charge >= 0.3 is 0 Å². The zero-order chi connectivity index (χ0) is 10.5. The van der Waals surface area contributed by atoms with Crippen molar-refractivity contribution in [3.05, 3.63) is 30.3 Å². The zero-order valence-electron chi connectivity index (χ0n) is 8.69. The SMILES string of the molecule is N#CC1CCC(=Nc2ccccc2)CC1. The van der Waals surface area contributed by atoms with Gasteiger partial charge in [-0.1, -0.05) is 18.2 Å². The second kappa shape index (κ2) is 4.75. The van der Waals surface area contributed by atoms with Gasteiger partial charge in [-0.2, -0.15) is 5.26 Å². The van der Waals surface area contributed by atoms with Gasteiger partial charge in [0.05, 0.1) is 11.8 Å². The van der Waals surface area contributed by atoms with Gasteiger partial charge < -0.3 is 0 Å². The third-order valence-electron chi connectivity index (χ3n) is 2.79. The summed E-state index contributed by atoms with van der Waals surface area (Å²) in [6.07, 6.45) is 3.91. The molecule has 0 aliphatic heterocycles. The molecule has 1 aromatic carbocycles. The lowest BCUT2D eigenvalue weighted by atomic mass is 9.89. The summed E-state index contributed by atoms with van der Waals surface area (Å²) < 4.78 is 0. The summed E-state index contributed by atoms with van der Waals surface area (Å²) in [6, 6.07) is 12.4. The molecule has 0 radical (unpaired) electrons. The Bertz CT molecular complexity index is 377. The summed E-state index contributed by atoms with van der Waals surface area (Å²) in [5, 5.41) is 8.78. The maximum atomic E-state index is 8.78. The molecule has 0 saturated heterocycles. The van der Waals surface area contributed by atoms with Crippen LogP contribution < -0.4 is 0 Å². The van der Waals surface area contributed by atoms with Gasteiger partial charge in [-0.05, 0) is 37.8 Å². The van der Waals surface area contributed by atoms with Gasteiger partial charge in [0.15, 0.2) is 0 Å². The monoisotopic (exact) mass is 198 g/mol. The average Bonchev–Trinajstić information content (AvgIpc) is 2.31. The lowest BCUT2D eigenvalue weighted by Gasteiger charge is -2.16. The molecule has 0 spiro atoms. The van der Waals surface area contributed by atoms with E-state index in [2.05, 4.69) is 11.1 Å². The molecule has 0 amide bonds. The van der Waals surface area contributed by atoms with E-state index >= 15 is 0 Å². The van der Waals surface area contributed by atoms with Crippen LogP contribution in [-0.4, -0.2) is 5.71 Å². The number of nitriles is 1. The number of aliphatic imine (C=N–C) groups is 1. The molecule has 0 unspecified atom stereocenters. The Morgan fingerprint density at radius 1 is 1.13 bits per heavy atom. The first kappa shape index (κ1) is 9.92. The van der Waals surface area contributed by atoms with Gasteiger partial charge in [0.2, 0.25) is 0 Å². The molecule has 0 atom stereocenters. The van der Waals surface area contributed by atoms with Crippen molar-refractivity contribution in [3.8, 4) is 6.07 Å². The van der Waals surface area contributed by atoms with E-state index < -0.39 is 0 Å². The Balaban J connectivity index is 2.02. The van der Waals surface area contributed by atoms with Gasteiger partial charge in [-0.25, -0.2) is 0 Å². The maximum Gasteiger partial charge on any atom is 0.0656 e. The maximum absolute atomic E-state index is 8.78. The first-order valence-electron chi connectivity index (χ1n) is 5.39. The highest BCUT2D eigenvalue weighted by atomic mass is 14.7. The van der Waals surface area contributed by atoms with Crippen LogP contribution in [0.1, 0.15) is 25.7 Å². The van der Waals surface area contributed by atoms with Crippen LogP contribution in [0.4, 0.5) is 5.69 Å². The minimum Gasteiger partial charge on any atom is -0.258 e. The van der Waals surface area contributed by atoms with Gasteiger partial charge in [0.25, 0.3) is 0 Å². The molecule has 1 saturated carbocycles. The lowest BCUT2D eigenvalue weighted by molar-refractivity contribution is 0.546. The van der Waals surface area contributed by atoms with E-state index in [-0.39, 0.29) is 5.92 Å². The molecule has 2 heteroatoms. The Morgan fingerprint density at radius 2 is 1.80 bits per heavy atom. The van der Waals surface area contributed by atoms with Gasteiger partial charge in [0.1, 0.15) is 0 Å². The first-order valence-corrected chi connectivity index (χ1v) is 5.39. The van der Waals surface area contributed by atoms with Crippen molar-refractivity contribution in [2.24, 2.45) is 10.9 Å². The third-order valence-corrected chi connectivity index (χ3v) is 2.79. The molecular formula is C13H14N2. The fraction of sp³-hybridized carbons (Fsp3) is 0.385. The van der Waals surface area contributed by atoms with Crippen LogP contribution in [-0.2, 0) is 0 Å². The number of hydrogen-bond acceptors (Lipinski definition) is 2. The van der Waals surface area contributed by atoms with Gasteiger partial charge in [-0.15, -0.1) is 0 Å². The van der Waals surface area contributed by atoms with Crippen LogP contribution in [0.15, 0.2) is 35.3 Å². The van der Waals surface area contributed by atoms with Crippen LogP contribution in [0, 0.1) is 17.2 Å². The summed E-state index contributed by atoms with van der Waals surface area (Å²) >= 11 is 0. The Kier molecular flexibility index (Phi) is 3.14. The minimum atomic E-state index is 0.250. The molecule has 0 bridgehead atoms. The number of nitrogens with zero attached hydrogens (tertiary/aromatic N) is 2. The van der Waals surface area contributed by atoms with E-state index in [9.17, 15) is 0 Å². The Labute approximate surface area is 90.3 Å². The van der Waals surface area contributed by atoms with E-state index in [1.165, 1.54) is 5.71 Å². The van der Waals surface area contributed by atoms with E-state index in [1.54, 1.807) is 0 Å². The minimum absolute atomic E-state index is 0.250.